The Morgan fingerprint density at radius 1 is 0.933 bits per heavy atom. The van der Waals surface area contributed by atoms with Gasteiger partial charge in [0.1, 0.15) is 5.75 Å². The molecule has 3 aromatic carbocycles. The molecule has 3 aromatic rings. The van der Waals surface area contributed by atoms with Crippen LogP contribution in [0.4, 0.5) is 17.1 Å². The summed E-state index contributed by atoms with van der Waals surface area (Å²) in [6.45, 7) is 0. The molecule has 1 amide bonds. The predicted octanol–water partition coefficient (Wildman–Crippen LogP) is 4.08. The molecule has 0 bridgehead atoms. The highest BCUT2D eigenvalue weighted by Gasteiger charge is 2.20. The molecule has 0 aliphatic rings. The molecule has 0 aromatic heterocycles. The van der Waals surface area contributed by atoms with Crippen LogP contribution in [0.1, 0.15) is 15.9 Å². The first-order chi connectivity index (χ1) is 14.2. The Labute approximate surface area is 178 Å². The zero-order chi connectivity index (χ0) is 21.7. The summed E-state index contributed by atoms with van der Waals surface area (Å²) in [4.78, 5) is 23.3. The van der Waals surface area contributed by atoms with Gasteiger partial charge in [-0.3, -0.25) is 19.6 Å². The summed E-state index contributed by atoms with van der Waals surface area (Å²) >= 11 is 4.25. The summed E-state index contributed by atoms with van der Waals surface area (Å²) in [5.41, 5.74) is 0.976. The molecule has 0 saturated heterocycles. The highest BCUT2D eigenvalue weighted by Crippen LogP contribution is 2.22. The molecule has 0 aliphatic carbocycles. The fraction of sp³-hybridized carbons (Fsp3) is 0.0500. The zero-order valence-corrected chi connectivity index (χ0v) is 17.2. The van der Waals surface area contributed by atoms with Crippen LogP contribution in [0.5, 0.6) is 0 Å². The average Bonchev–Trinajstić information content (AvgIpc) is 2.69. The van der Waals surface area contributed by atoms with E-state index in [1.807, 2.05) is 0 Å². The molecule has 0 spiro atoms. The monoisotopic (exact) mass is 443 g/mol. The van der Waals surface area contributed by atoms with E-state index in [9.17, 15) is 23.3 Å². The van der Waals surface area contributed by atoms with E-state index in [1.165, 1.54) is 36.4 Å². The second-order valence-electron chi connectivity index (χ2n) is 6.30. The molecule has 8 nitrogen and oxygen atoms in total. The number of nitrogens with one attached hydrogen (secondary N) is 2. The van der Waals surface area contributed by atoms with E-state index in [0.29, 0.717) is 16.1 Å². The third-order valence-corrected chi connectivity index (χ3v) is 5.73. The average molecular weight is 444 g/mol. The third kappa shape index (κ3) is 5.37. The molecule has 0 radical (unpaired) electrons. The number of benzene rings is 3. The number of rotatable bonds is 7. The van der Waals surface area contributed by atoms with Crippen molar-refractivity contribution >= 4 is 45.6 Å². The molecular weight excluding hydrogens is 426 g/mol. The van der Waals surface area contributed by atoms with Gasteiger partial charge in [0.05, 0.1) is 10.5 Å². The number of para-hydroxylation sites is 1. The van der Waals surface area contributed by atoms with Crippen molar-refractivity contribution in [1.29, 1.82) is 0 Å². The highest BCUT2D eigenvalue weighted by atomic mass is 32.2. The van der Waals surface area contributed by atoms with E-state index < -0.39 is 20.7 Å². The molecule has 0 saturated carbocycles. The van der Waals surface area contributed by atoms with Gasteiger partial charge in [-0.05, 0) is 36.4 Å². The summed E-state index contributed by atoms with van der Waals surface area (Å²) in [5.74, 6) is -0.883. The number of sulfonamides is 1. The van der Waals surface area contributed by atoms with Crippen LogP contribution in [0.25, 0.3) is 0 Å². The quantitative estimate of drug-likeness (QED) is 0.289. The van der Waals surface area contributed by atoms with Crippen molar-refractivity contribution < 1.29 is 18.1 Å². The van der Waals surface area contributed by atoms with Gasteiger partial charge < -0.3 is 5.32 Å². The summed E-state index contributed by atoms with van der Waals surface area (Å²) in [6, 6.07) is 18.6. The second-order valence-corrected chi connectivity index (χ2v) is 8.50. The first-order valence-electron chi connectivity index (χ1n) is 8.67. The highest BCUT2D eigenvalue weighted by molar-refractivity contribution is 7.91. The molecule has 0 fully saturated rings. The second kappa shape index (κ2) is 8.97. The third-order valence-electron chi connectivity index (χ3n) is 4.10. The molecule has 0 heterocycles. The van der Waals surface area contributed by atoms with Crippen molar-refractivity contribution in [3.63, 3.8) is 0 Å². The number of carbonyl (C=O) groups is 1. The lowest BCUT2D eigenvalue weighted by Crippen LogP contribution is -2.16. The van der Waals surface area contributed by atoms with E-state index in [0.717, 1.165) is 0 Å². The molecule has 0 unspecified atom stereocenters. The van der Waals surface area contributed by atoms with Crippen LogP contribution in [-0.4, -0.2) is 19.2 Å². The minimum absolute atomic E-state index is 0.0873. The fourth-order valence-corrected chi connectivity index (χ4v) is 4.20. The van der Waals surface area contributed by atoms with Crippen LogP contribution >= 0.6 is 12.6 Å². The molecule has 2 N–H and O–H groups in total. The molecule has 154 valence electrons. The number of thiol groups is 1. The van der Waals surface area contributed by atoms with Gasteiger partial charge in [0.15, 0.2) is 0 Å². The normalized spacial score (nSPS) is 11.0. The van der Waals surface area contributed by atoms with Gasteiger partial charge >= 0.3 is 0 Å². The van der Waals surface area contributed by atoms with Gasteiger partial charge in [0.25, 0.3) is 11.6 Å². The Balaban J connectivity index is 1.69. The van der Waals surface area contributed by atoms with Crippen molar-refractivity contribution in [1.82, 2.24) is 0 Å². The number of nitro benzene ring substituents is 1. The summed E-state index contributed by atoms with van der Waals surface area (Å²) in [5, 5.41) is 13.8. The van der Waals surface area contributed by atoms with Crippen molar-refractivity contribution in [3.05, 3.63) is 94.0 Å². The summed E-state index contributed by atoms with van der Waals surface area (Å²) in [6.07, 6.45) is 0. The Morgan fingerprint density at radius 2 is 1.53 bits per heavy atom. The Kier molecular flexibility index (Phi) is 6.38. The Hall–Kier alpha value is -3.37. The Morgan fingerprint density at radius 3 is 2.20 bits per heavy atom. The topological polar surface area (TPSA) is 118 Å². The summed E-state index contributed by atoms with van der Waals surface area (Å²) < 4.78 is 27.2. The number of nitro groups is 1. The molecular formula is C20H17N3O5S2. The van der Waals surface area contributed by atoms with Crippen LogP contribution in [0.3, 0.4) is 0 Å². The lowest BCUT2D eigenvalue weighted by Gasteiger charge is -2.10. The SMILES string of the molecule is O=C(Nc1ccc(NS(=O)(=O)Cc2ccccc2[N+](=O)[O-])cc1)c1ccccc1S. The number of carbonyl (C=O) groups excluding carboxylic acids is 1. The van der Waals surface area contributed by atoms with Crippen LogP contribution < -0.4 is 10.0 Å². The van der Waals surface area contributed by atoms with E-state index in [1.54, 1.807) is 36.4 Å². The minimum Gasteiger partial charge on any atom is -0.322 e. The maximum absolute atomic E-state index is 12.4. The lowest BCUT2D eigenvalue weighted by molar-refractivity contribution is -0.385. The largest absolute Gasteiger partial charge is 0.322 e. The van der Waals surface area contributed by atoms with E-state index in [4.69, 9.17) is 0 Å². The molecule has 0 atom stereocenters. The van der Waals surface area contributed by atoms with Crippen LogP contribution in [0.2, 0.25) is 0 Å². The van der Waals surface area contributed by atoms with Crippen molar-refractivity contribution in [2.75, 3.05) is 10.0 Å². The van der Waals surface area contributed by atoms with Crippen LogP contribution in [-0.2, 0) is 15.8 Å². The number of amides is 1. The first kappa shape index (κ1) is 21.3. The van der Waals surface area contributed by atoms with Gasteiger partial charge in [-0.1, -0.05) is 30.3 Å². The van der Waals surface area contributed by atoms with Gasteiger partial charge in [-0.2, -0.15) is 0 Å². The van der Waals surface area contributed by atoms with Gasteiger partial charge in [0, 0.05) is 27.9 Å². The lowest BCUT2D eigenvalue weighted by atomic mass is 10.2. The van der Waals surface area contributed by atoms with Crippen molar-refractivity contribution in [2.24, 2.45) is 0 Å². The smallest absolute Gasteiger partial charge is 0.273 e. The molecule has 30 heavy (non-hydrogen) atoms. The fourth-order valence-electron chi connectivity index (χ4n) is 2.72. The first-order valence-corrected chi connectivity index (χ1v) is 10.8. The number of nitrogens with zero attached hydrogens (tertiary/aromatic N) is 1. The van der Waals surface area contributed by atoms with Gasteiger partial charge in [-0.15, -0.1) is 12.6 Å². The number of hydrogen-bond donors (Lipinski definition) is 3. The Bertz CT molecular complexity index is 1200. The zero-order valence-electron chi connectivity index (χ0n) is 15.5. The van der Waals surface area contributed by atoms with Crippen LogP contribution in [0.15, 0.2) is 77.7 Å². The van der Waals surface area contributed by atoms with E-state index in [2.05, 4.69) is 22.7 Å². The number of hydrogen-bond acceptors (Lipinski definition) is 6. The van der Waals surface area contributed by atoms with Gasteiger partial charge in [-0.25, -0.2) is 8.42 Å². The van der Waals surface area contributed by atoms with Crippen LogP contribution in [0, 0.1) is 10.1 Å². The maximum Gasteiger partial charge on any atom is 0.273 e. The van der Waals surface area contributed by atoms with E-state index in [-0.39, 0.29) is 22.8 Å². The summed E-state index contributed by atoms with van der Waals surface area (Å²) in [7, 11) is -3.88. The van der Waals surface area contributed by atoms with Gasteiger partial charge in [0.2, 0.25) is 10.0 Å². The van der Waals surface area contributed by atoms with Crippen molar-refractivity contribution in [3.8, 4) is 0 Å². The predicted molar refractivity (Wildman–Crippen MR) is 117 cm³/mol. The standard InChI is InChI=1S/C20H17N3O5S2/c24-20(17-6-2-4-8-19(17)29)21-15-9-11-16(12-10-15)22-30(27,28)13-14-5-1-3-7-18(14)23(25)26/h1-12,22,29H,13H2,(H,21,24). The molecule has 0 aliphatic heterocycles. The van der Waals surface area contributed by atoms with Crippen molar-refractivity contribution in [2.45, 2.75) is 10.6 Å². The minimum atomic E-state index is -3.88. The number of anilines is 2. The maximum atomic E-state index is 12.4. The molecule has 10 heteroatoms. The molecule has 3 rings (SSSR count). The van der Waals surface area contributed by atoms with E-state index >= 15 is 0 Å².